The Bertz CT molecular complexity index is 4060. The van der Waals surface area contributed by atoms with Crippen LogP contribution in [0.15, 0.2) is 188 Å². The van der Waals surface area contributed by atoms with E-state index >= 15 is 0 Å². The summed E-state index contributed by atoms with van der Waals surface area (Å²) in [5.41, 5.74) is 4.75. The fraction of sp³-hybridized carbons (Fsp3) is 0.0339. The second kappa shape index (κ2) is 16.4. The molecule has 0 saturated heterocycles. The number of fused-ring (bicyclic) bond motifs is 6. The van der Waals surface area contributed by atoms with E-state index in [-0.39, 0.29) is 16.7 Å². The van der Waals surface area contributed by atoms with Gasteiger partial charge in [0.1, 0.15) is 0 Å². The second-order valence-electron chi connectivity index (χ2n) is 16.9. The molecule has 11 heteroatoms. The van der Waals surface area contributed by atoms with Gasteiger partial charge in [0.05, 0.1) is 79.5 Å². The lowest BCUT2D eigenvalue weighted by atomic mass is 9.90. The zero-order valence-corrected chi connectivity index (χ0v) is 36.4. The van der Waals surface area contributed by atoms with Gasteiger partial charge in [-0.3, -0.25) is 0 Å². The van der Waals surface area contributed by atoms with Gasteiger partial charge in [-0.25, -0.2) is 0 Å². The van der Waals surface area contributed by atoms with Gasteiger partial charge in [-0.2, -0.15) is 42.1 Å². The monoisotopic (exact) mass is 923 g/mol. The van der Waals surface area contributed by atoms with Gasteiger partial charge in [-0.05, 0) is 125 Å². The Morgan fingerprint density at radius 3 is 1.29 bits per heavy atom. The normalized spacial score (nSPS) is 11.8. The molecular formula is C59H31F6N5. The molecule has 0 atom stereocenters. The van der Waals surface area contributed by atoms with E-state index in [4.69, 9.17) is 0 Å². The number of aromatic nitrogens is 2. The van der Waals surface area contributed by atoms with E-state index in [1.807, 2.05) is 112 Å². The fourth-order valence-electron chi connectivity index (χ4n) is 9.81. The van der Waals surface area contributed by atoms with Crippen LogP contribution in [0.1, 0.15) is 27.8 Å². The molecule has 0 amide bonds. The summed E-state index contributed by atoms with van der Waals surface area (Å²) in [6.45, 7) is 0. The third kappa shape index (κ3) is 7.18. The van der Waals surface area contributed by atoms with Crippen LogP contribution in [0.5, 0.6) is 0 Å². The van der Waals surface area contributed by atoms with E-state index < -0.39 is 29.0 Å². The van der Waals surface area contributed by atoms with E-state index in [1.165, 1.54) is 12.1 Å². The summed E-state index contributed by atoms with van der Waals surface area (Å²) in [5, 5.41) is 33.0. The van der Waals surface area contributed by atoms with Crippen molar-refractivity contribution in [2.45, 2.75) is 12.4 Å². The van der Waals surface area contributed by atoms with Gasteiger partial charge in [-0.1, -0.05) is 91.0 Å². The third-order valence-corrected chi connectivity index (χ3v) is 12.9. The SMILES string of the molecule is N#Cc1cccc(-c2ccc3c(c2)c2ccccc2n3-c2ccc(-c3c(C(F)(F)F)cccc3C(F)(F)F)cc2-c2ccc(C#N)cc2-n2c3ccccc3c3cc(-c4cccc(C#N)c4)ccc32)c1. The lowest BCUT2D eigenvalue weighted by Crippen LogP contribution is -2.14. The van der Waals surface area contributed by atoms with Crippen molar-refractivity contribution in [3.05, 3.63) is 216 Å². The van der Waals surface area contributed by atoms with Gasteiger partial charge < -0.3 is 9.13 Å². The molecule has 0 aliphatic rings. The average molecular weight is 924 g/mol. The first-order chi connectivity index (χ1) is 33.8. The molecule has 0 saturated carbocycles. The number of nitriles is 3. The molecule has 2 aromatic heterocycles. The van der Waals surface area contributed by atoms with E-state index in [0.29, 0.717) is 56.7 Å². The summed E-state index contributed by atoms with van der Waals surface area (Å²) in [6.07, 6.45) is -10.3. The maximum atomic E-state index is 14.9. The molecule has 0 radical (unpaired) electrons. The standard InChI is InChI=1S/C59H31F6N5/c60-58(61,62)49-14-7-15-50(59(63,64)65)57(49)42-21-25-54(69-51-16-3-1-12-43(51)46-29-40(19-23-53(46)69)38-10-5-8-35(26-38)32-66)48(31-42)45-22-18-37(34-68)28-56(45)70-52-17-4-2-13-44(52)47-30-41(20-24-55(47)70)39-11-6-9-36(27-39)33-67/h1-31H. The van der Waals surface area contributed by atoms with Crippen LogP contribution in [0.4, 0.5) is 26.3 Å². The molecule has 0 aliphatic carbocycles. The molecule has 0 unspecified atom stereocenters. The van der Waals surface area contributed by atoms with Crippen molar-refractivity contribution in [2.24, 2.45) is 0 Å². The highest BCUT2D eigenvalue weighted by Gasteiger charge is 2.41. The van der Waals surface area contributed by atoms with Crippen molar-refractivity contribution in [3.63, 3.8) is 0 Å². The topological polar surface area (TPSA) is 81.2 Å². The van der Waals surface area contributed by atoms with E-state index in [2.05, 4.69) is 18.2 Å². The Kier molecular flexibility index (Phi) is 10.2. The smallest absolute Gasteiger partial charge is 0.309 e. The zero-order valence-electron chi connectivity index (χ0n) is 36.4. The first-order valence-corrected chi connectivity index (χ1v) is 21.9. The molecule has 0 bridgehead atoms. The van der Waals surface area contributed by atoms with Crippen molar-refractivity contribution in [3.8, 4) is 74.1 Å². The van der Waals surface area contributed by atoms with Crippen molar-refractivity contribution < 1.29 is 26.3 Å². The van der Waals surface area contributed by atoms with Crippen LogP contribution in [0.2, 0.25) is 0 Å². The Morgan fingerprint density at radius 1 is 0.329 bits per heavy atom. The van der Waals surface area contributed by atoms with Gasteiger partial charge in [-0.15, -0.1) is 0 Å². The number of rotatable bonds is 6. The summed E-state index contributed by atoms with van der Waals surface area (Å²) in [5.74, 6) is 0. The highest BCUT2D eigenvalue weighted by Crippen LogP contribution is 2.48. The lowest BCUT2D eigenvalue weighted by Gasteiger charge is -2.22. The molecule has 5 nitrogen and oxygen atoms in total. The van der Waals surface area contributed by atoms with Crippen LogP contribution in [0.25, 0.3) is 99.5 Å². The number of hydrogen-bond donors (Lipinski definition) is 0. The van der Waals surface area contributed by atoms with Crippen LogP contribution in [0, 0.1) is 34.0 Å². The predicted molar refractivity (Wildman–Crippen MR) is 261 cm³/mol. The molecule has 0 fully saturated rings. The maximum Gasteiger partial charge on any atom is 0.417 e. The van der Waals surface area contributed by atoms with Crippen LogP contribution in [0.3, 0.4) is 0 Å². The molecule has 70 heavy (non-hydrogen) atoms. The molecule has 9 aromatic carbocycles. The van der Waals surface area contributed by atoms with Crippen LogP contribution < -0.4 is 0 Å². The lowest BCUT2D eigenvalue weighted by molar-refractivity contribution is -0.142. The number of nitrogens with zero attached hydrogens (tertiary/aromatic N) is 5. The van der Waals surface area contributed by atoms with E-state index in [9.17, 15) is 42.1 Å². The van der Waals surface area contributed by atoms with Crippen molar-refractivity contribution in [1.82, 2.24) is 9.13 Å². The Hall–Kier alpha value is -9.37. The number of para-hydroxylation sites is 2. The number of hydrogen-bond acceptors (Lipinski definition) is 3. The van der Waals surface area contributed by atoms with Crippen molar-refractivity contribution in [2.75, 3.05) is 0 Å². The largest absolute Gasteiger partial charge is 0.417 e. The molecule has 0 spiro atoms. The minimum atomic E-state index is -5.15. The average Bonchev–Trinajstić information content (AvgIpc) is 3.89. The molecular weight excluding hydrogens is 893 g/mol. The van der Waals surface area contributed by atoms with Crippen LogP contribution in [-0.4, -0.2) is 9.13 Å². The van der Waals surface area contributed by atoms with Gasteiger partial charge in [0.15, 0.2) is 0 Å². The molecule has 11 rings (SSSR count). The summed E-state index contributed by atoms with van der Waals surface area (Å²) >= 11 is 0. The van der Waals surface area contributed by atoms with Gasteiger partial charge in [0.2, 0.25) is 0 Å². The van der Waals surface area contributed by atoms with Gasteiger partial charge in [0, 0.05) is 38.2 Å². The molecule has 0 aliphatic heterocycles. The highest BCUT2D eigenvalue weighted by molar-refractivity contribution is 6.13. The number of alkyl halides is 6. The summed E-state index contributed by atoms with van der Waals surface area (Å²) < 4.78 is 93.6. The van der Waals surface area contributed by atoms with Gasteiger partial charge in [0.25, 0.3) is 0 Å². The van der Waals surface area contributed by atoms with E-state index in [0.717, 1.165) is 55.4 Å². The fourth-order valence-corrected chi connectivity index (χ4v) is 9.81. The molecule has 11 aromatic rings. The molecule has 0 N–H and O–H groups in total. The van der Waals surface area contributed by atoms with Crippen molar-refractivity contribution >= 4 is 43.6 Å². The van der Waals surface area contributed by atoms with Crippen LogP contribution >= 0.6 is 0 Å². The molecule has 2 heterocycles. The predicted octanol–water partition coefficient (Wildman–Crippen LogP) is 16.2. The minimum absolute atomic E-state index is 0.263. The van der Waals surface area contributed by atoms with Crippen LogP contribution in [-0.2, 0) is 12.4 Å². The Morgan fingerprint density at radius 2 is 0.771 bits per heavy atom. The molecule has 334 valence electrons. The van der Waals surface area contributed by atoms with E-state index in [1.54, 1.807) is 54.6 Å². The number of halogens is 6. The maximum absolute atomic E-state index is 14.9. The zero-order chi connectivity index (χ0) is 48.5. The first kappa shape index (κ1) is 43.2. The van der Waals surface area contributed by atoms with Gasteiger partial charge >= 0.3 is 12.4 Å². The number of benzene rings is 9. The first-order valence-electron chi connectivity index (χ1n) is 21.9. The summed E-state index contributed by atoms with van der Waals surface area (Å²) in [7, 11) is 0. The highest BCUT2D eigenvalue weighted by atomic mass is 19.4. The second-order valence-corrected chi connectivity index (χ2v) is 16.9. The minimum Gasteiger partial charge on any atom is -0.309 e. The quantitative estimate of drug-likeness (QED) is 0.156. The Balaban J connectivity index is 1.24. The van der Waals surface area contributed by atoms with Crippen molar-refractivity contribution in [1.29, 1.82) is 15.8 Å². The summed E-state index contributed by atoms with van der Waals surface area (Å²) in [6, 6.07) is 59.3. The summed E-state index contributed by atoms with van der Waals surface area (Å²) in [4.78, 5) is 0. The third-order valence-electron chi connectivity index (χ3n) is 12.9. The Labute approximate surface area is 395 Å².